The van der Waals surface area contributed by atoms with Crippen LogP contribution in [0.2, 0.25) is 0 Å². The summed E-state index contributed by atoms with van der Waals surface area (Å²) in [5.41, 5.74) is 5.71. The Hall–Kier alpha value is -1.89. The summed E-state index contributed by atoms with van der Waals surface area (Å²) in [4.78, 5) is 20.1. The molecule has 1 aliphatic carbocycles. The standard InChI is InChI=1S/C15H25N5O2/c1-9(2)18-15-17-7-12(13(16)22)14(20-15)19-11-5-3-10(8-21)4-6-11/h7,9-11,21H,3-6,8H2,1-2H3,(H2,16,22)(H2,17,18,19,20)/t10-,11-. The number of rotatable bonds is 6. The van der Waals surface area contributed by atoms with Crippen LogP contribution in [0.1, 0.15) is 49.9 Å². The molecule has 2 rings (SSSR count). The van der Waals surface area contributed by atoms with Crippen LogP contribution in [-0.2, 0) is 0 Å². The molecule has 7 nitrogen and oxygen atoms in total. The van der Waals surface area contributed by atoms with E-state index in [-0.39, 0.29) is 18.7 Å². The molecule has 1 fully saturated rings. The van der Waals surface area contributed by atoms with Crippen molar-refractivity contribution in [2.24, 2.45) is 11.7 Å². The predicted molar refractivity (Wildman–Crippen MR) is 85.8 cm³/mol. The summed E-state index contributed by atoms with van der Waals surface area (Å²) in [7, 11) is 0. The first-order valence-corrected chi connectivity index (χ1v) is 7.80. The predicted octanol–water partition coefficient (Wildman–Crippen LogP) is 1.36. The monoisotopic (exact) mass is 307 g/mol. The molecular formula is C15H25N5O2. The van der Waals surface area contributed by atoms with Crippen LogP contribution in [0.4, 0.5) is 11.8 Å². The van der Waals surface area contributed by atoms with E-state index in [1.165, 1.54) is 6.20 Å². The van der Waals surface area contributed by atoms with Gasteiger partial charge in [-0.05, 0) is 45.4 Å². The van der Waals surface area contributed by atoms with Crippen LogP contribution in [-0.4, -0.2) is 39.7 Å². The third-order valence-corrected chi connectivity index (χ3v) is 3.92. The number of aliphatic hydroxyl groups is 1. The largest absolute Gasteiger partial charge is 0.396 e. The van der Waals surface area contributed by atoms with E-state index in [9.17, 15) is 9.90 Å². The number of carbonyl (C=O) groups excluding carboxylic acids is 1. The molecule has 0 aliphatic heterocycles. The van der Waals surface area contributed by atoms with Gasteiger partial charge in [-0.15, -0.1) is 0 Å². The molecule has 0 radical (unpaired) electrons. The Balaban J connectivity index is 2.11. The highest BCUT2D eigenvalue weighted by atomic mass is 16.3. The summed E-state index contributed by atoms with van der Waals surface area (Å²) in [5, 5.41) is 15.6. The van der Waals surface area contributed by atoms with Crippen molar-refractivity contribution in [2.75, 3.05) is 17.2 Å². The number of aromatic nitrogens is 2. The molecule has 1 heterocycles. The first-order valence-electron chi connectivity index (χ1n) is 7.80. The normalized spacial score (nSPS) is 21.6. The molecule has 0 spiro atoms. The van der Waals surface area contributed by atoms with Gasteiger partial charge in [0.05, 0.1) is 5.56 Å². The quantitative estimate of drug-likeness (QED) is 0.631. The summed E-state index contributed by atoms with van der Waals surface area (Å²) < 4.78 is 0. The Morgan fingerprint density at radius 1 is 1.41 bits per heavy atom. The molecule has 1 saturated carbocycles. The Morgan fingerprint density at radius 3 is 2.64 bits per heavy atom. The zero-order valence-corrected chi connectivity index (χ0v) is 13.2. The number of nitrogens with zero attached hydrogens (tertiary/aromatic N) is 2. The summed E-state index contributed by atoms with van der Waals surface area (Å²) in [6, 6.07) is 0.440. The maximum Gasteiger partial charge on any atom is 0.254 e. The van der Waals surface area contributed by atoms with Crippen molar-refractivity contribution in [1.29, 1.82) is 0 Å². The zero-order valence-electron chi connectivity index (χ0n) is 13.2. The highest BCUT2D eigenvalue weighted by molar-refractivity contribution is 5.97. The first kappa shape index (κ1) is 16.5. The second-order valence-electron chi connectivity index (χ2n) is 6.16. The molecule has 1 aliphatic rings. The van der Waals surface area contributed by atoms with Crippen LogP contribution in [0, 0.1) is 5.92 Å². The van der Waals surface area contributed by atoms with Crippen LogP contribution in [0.5, 0.6) is 0 Å². The molecule has 0 aromatic carbocycles. The van der Waals surface area contributed by atoms with Gasteiger partial charge in [-0.25, -0.2) is 4.98 Å². The van der Waals surface area contributed by atoms with Gasteiger partial charge >= 0.3 is 0 Å². The minimum Gasteiger partial charge on any atom is -0.396 e. The molecule has 1 aromatic rings. The van der Waals surface area contributed by atoms with E-state index >= 15 is 0 Å². The number of primary amides is 1. The van der Waals surface area contributed by atoms with Gasteiger partial charge < -0.3 is 21.5 Å². The molecule has 22 heavy (non-hydrogen) atoms. The van der Waals surface area contributed by atoms with E-state index in [4.69, 9.17) is 5.73 Å². The number of anilines is 2. The smallest absolute Gasteiger partial charge is 0.254 e. The molecule has 0 atom stereocenters. The highest BCUT2D eigenvalue weighted by Gasteiger charge is 2.22. The lowest BCUT2D eigenvalue weighted by molar-refractivity contribution is 0.100. The van der Waals surface area contributed by atoms with E-state index in [0.29, 0.717) is 23.2 Å². The van der Waals surface area contributed by atoms with E-state index in [1.54, 1.807) is 0 Å². The first-order chi connectivity index (χ1) is 10.5. The van der Waals surface area contributed by atoms with Gasteiger partial charge in [0.25, 0.3) is 5.91 Å². The average Bonchev–Trinajstić information content (AvgIpc) is 2.47. The van der Waals surface area contributed by atoms with E-state index in [0.717, 1.165) is 25.7 Å². The second kappa shape index (κ2) is 7.40. The highest BCUT2D eigenvalue weighted by Crippen LogP contribution is 2.27. The number of carbonyl (C=O) groups is 1. The number of amides is 1. The number of aliphatic hydroxyl groups excluding tert-OH is 1. The maximum atomic E-state index is 11.5. The van der Waals surface area contributed by atoms with Crippen molar-refractivity contribution >= 4 is 17.7 Å². The van der Waals surface area contributed by atoms with Crippen molar-refractivity contribution < 1.29 is 9.90 Å². The lowest BCUT2D eigenvalue weighted by Gasteiger charge is -2.28. The van der Waals surface area contributed by atoms with Crippen molar-refractivity contribution in [3.8, 4) is 0 Å². The maximum absolute atomic E-state index is 11.5. The fraction of sp³-hybridized carbons (Fsp3) is 0.667. The number of nitrogens with two attached hydrogens (primary N) is 1. The van der Waals surface area contributed by atoms with Gasteiger partial charge in [0.15, 0.2) is 0 Å². The van der Waals surface area contributed by atoms with Gasteiger partial charge in [0, 0.05) is 24.9 Å². The van der Waals surface area contributed by atoms with Gasteiger partial charge in [0.2, 0.25) is 5.95 Å². The summed E-state index contributed by atoms with van der Waals surface area (Å²) >= 11 is 0. The molecule has 1 aromatic heterocycles. The lowest BCUT2D eigenvalue weighted by atomic mass is 9.86. The van der Waals surface area contributed by atoms with Crippen LogP contribution in [0.3, 0.4) is 0 Å². The van der Waals surface area contributed by atoms with Gasteiger partial charge in [0.1, 0.15) is 5.82 Å². The Kier molecular flexibility index (Phi) is 5.54. The minimum atomic E-state index is -0.539. The molecule has 5 N–H and O–H groups in total. The fourth-order valence-corrected chi connectivity index (χ4v) is 2.68. The molecule has 0 bridgehead atoms. The third-order valence-electron chi connectivity index (χ3n) is 3.92. The molecule has 1 amide bonds. The Bertz CT molecular complexity index is 513. The molecule has 0 unspecified atom stereocenters. The third kappa shape index (κ3) is 4.30. The van der Waals surface area contributed by atoms with Crippen LogP contribution < -0.4 is 16.4 Å². The average molecular weight is 307 g/mol. The molecular weight excluding hydrogens is 282 g/mol. The Morgan fingerprint density at radius 2 is 2.09 bits per heavy atom. The fourth-order valence-electron chi connectivity index (χ4n) is 2.68. The number of nitrogens with one attached hydrogen (secondary N) is 2. The summed E-state index contributed by atoms with van der Waals surface area (Å²) in [6.45, 7) is 4.23. The van der Waals surface area contributed by atoms with Crippen molar-refractivity contribution in [1.82, 2.24) is 9.97 Å². The van der Waals surface area contributed by atoms with Crippen molar-refractivity contribution in [3.63, 3.8) is 0 Å². The molecule has 7 heteroatoms. The minimum absolute atomic E-state index is 0.201. The van der Waals surface area contributed by atoms with Crippen LogP contribution in [0.25, 0.3) is 0 Å². The van der Waals surface area contributed by atoms with E-state index in [2.05, 4.69) is 20.6 Å². The second-order valence-corrected chi connectivity index (χ2v) is 6.16. The number of hydrogen-bond acceptors (Lipinski definition) is 6. The zero-order chi connectivity index (χ0) is 16.1. The topological polar surface area (TPSA) is 113 Å². The summed E-state index contributed by atoms with van der Waals surface area (Å²) in [5.74, 6) is 0.810. The van der Waals surface area contributed by atoms with Crippen LogP contribution in [0.15, 0.2) is 6.20 Å². The van der Waals surface area contributed by atoms with E-state index in [1.807, 2.05) is 13.8 Å². The van der Waals surface area contributed by atoms with Gasteiger partial charge in [-0.3, -0.25) is 4.79 Å². The Labute approximate surface area is 130 Å². The lowest BCUT2D eigenvalue weighted by Crippen LogP contribution is -2.29. The molecule has 0 saturated heterocycles. The van der Waals surface area contributed by atoms with Crippen LogP contribution >= 0.6 is 0 Å². The van der Waals surface area contributed by atoms with Crippen molar-refractivity contribution in [3.05, 3.63) is 11.8 Å². The SMILES string of the molecule is CC(C)Nc1ncc(C(N)=O)c(N[C@H]2CC[C@H](CO)CC2)n1. The molecule has 122 valence electrons. The number of hydrogen-bond donors (Lipinski definition) is 4. The summed E-state index contributed by atoms with van der Waals surface area (Å²) in [6.07, 6.45) is 5.30. The van der Waals surface area contributed by atoms with E-state index < -0.39 is 5.91 Å². The van der Waals surface area contributed by atoms with Gasteiger partial charge in [-0.2, -0.15) is 4.98 Å². The van der Waals surface area contributed by atoms with Crippen molar-refractivity contribution in [2.45, 2.75) is 51.6 Å². The van der Waals surface area contributed by atoms with Gasteiger partial charge in [-0.1, -0.05) is 0 Å².